The number of carbonyl (C=O) groups excluding carboxylic acids is 1. The van der Waals surface area contributed by atoms with Gasteiger partial charge in [-0.2, -0.15) is 0 Å². The Morgan fingerprint density at radius 3 is 2.76 bits per heavy atom. The van der Waals surface area contributed by atoms with Crippen molar-refractivity contribution in [2.24, 2.45) is 11.8 Å². The van der Waals surface area contributed by atoms with E-state index in [9.17, 15) is 9.18 Å². The molecule has 0 saturated carbocycles. The van der Waals surface area contributed by atoms with Crippen molar-refractivity contribution in [1.29, 1.82) is 0 Å². The summed E-state index contributed by atoms with van der Waals surface area (Å²) in [4.78, 5) is 14.0. The molecule has 0 aliphatic carbocycles. The summed E-state index contributed by atoms with van der Waals surface area (Å²) in [6.45, 7) is 4.83. The summed E-state index contributed by atoms with van der Waals surface area (Å²) >= 11 is 0. The van der Waals surface area contributed by atoms with E-state index in [4.69, 9.17) is 0 Å². The molecule has 0 bridgehead atoms. The number of halogens is 1. The fraction of sp³-hybridized carbons (Fsp3) is 0.588. The molecule has 1 amide bonds. The molecule has 2 unspecified atom stereocenters. The number of amides is 1. The second-order valence-electron chi connectivity index (χ2n) is 6.16. The van der Waals surface area contributed by atoms with Gasteiger partial charge in [0.2, 0.25) is 5.91 Å². The summed E-state index contributed by atoms with van der Waals surface area (Å²) < 4.78 is 12.9. The fourth-order valence-corrected chi connectivity index (χ4v) is 2.91. The Labute approximate surface area is 126 Å². The number of nitrogens with zero attached hydrogens (tertiary/aromatic N) is 1. The van der Waals surface area contributed by atoms with Crippen molar-refractivity contribution < 1.29 is 9.18 Å². The predicted molar refractivity (Wildman–Crippen MR) is 82.2 cm³/mol. The molecule has 1 fully saturated rings. The summed E-state index contributed by atoms with van der Waals surface area (Å²) in [6, 6.07) is 6.33. The van der Waals surface area contributed by atoms with E-state index in [0.29, 0.717) is 24.8 Å². The van der Waals surface area contributed by atoms with Crippen molar-refractivity contribution in [3.63, 3.8) is 0 Å². The van der Waals surface area contributed by atoms with Crippen molar-refractivity contribution in [2.75, 3.05) is 20.1 Å². The lowest BCUT2D eigenvalue weighted by atomic mass is 9.85. The van der Waals surface area contributed by atoms with Crippen LogP contribution in [0.1, 0.15) is 31.7 Å². The van der Waals surface area contributed by atoms with Gasteiger partial charge >= 0.3 is 0 Å². The molecule has 0 radical (unpaired) electrons. The Morgan fingerprint density at radius 2 is 2.14 bits per heavy atom. The maximum Gasteiger partial charge on any atom is 0.222 e. The van der Waals surface area contributed by atoms with Crippen LogP contribution in [0.2, 0.25) is 0 Å². The third kappa shape index (κ3) is 4.81. The molecule has 1 heterocycles. The number of hydrogen-bond donors (Lipinski definition) is 1. The maximum atomic E-state index is 12.9. The van der Waals surface area contributed by atoms with Crippen LogP contribution < -0.4 is 5.32 Å². The van der Waals surface area contributed by atoms with Crippen molar-refractivity contribution in [3.8, 4) is 0 Å². The van der Waals surface area contributed by atoms with Gasteiger partial charge in [-0.05, 0) is 55.5 Å². The lowest BCUT2D eigenvalue weighted by molar-refractivity contribution is -0.131. The number of rotatable bonds is 5. The minimum Gasteiger partial charge on any atom is -0.341 e. The van der Waals surface area contributed by atoms with Crippen LogP contribution >= 0.6 is 0 Å². The number of piperidine rings is 1. The van der Waals surface area contributed by atoms with Crippen molar-refractivity contribution in [1.82, 2.24) is 10.2 Å². The first-order chi connectivity index (χ1) is 10.1. The number of benzene rings is 1. The van der Waals surface area contributed by atoms with Crippen molar-refractivity contribution >= 4 is 5.91 Å². The summed E-state index contributed by atoms with van der Waals surface area (Å²) in [5, 5.41) is 3.40. The van der Waals surface area contributed by atoms with E-state index in [1.165, 1.54) is 25.0 Å². The predicted octanol–water partition coefficient (Wildman–Crippen LogP) is 2.81. The minimum absolute atomic E-state index is 0.164. The lowest BCUT2D eigenvalue weighted by Gasteiger charge is -2.29. The first-order valence-corrected chi connectivity index (χ1v) is 7.75. The molecule has 1 saturated heterocycles. The maximum absolute atomic E-state index is 12.9. The van der Waals surface area contributed by atoms with Gasteiger partial charge in [-0.3, -0.25) is 4.79 Å². The van der Waals surface area contributed by atoms with Gasteiger partial charge in [0.1, 0.15) is 5.82 Å². The Kier molecular flexibility index (Phi) is 5.74. The highest BCUT2D eigenvalue weighted by Crippen LogP contribution is 2.23. The van der Waals surface area contributed by atoms with Crippen LogP contribution in [0, 0.1) is 17.7 Å². The molecule has 1 aromatic carbocycles. The number of nitrogens with one attached hydrogen (secondary N) is 1. The van der Waals surface area contributed by atoms with Crippen molar-refractivity contribution in [2.45, 2.75) is 32.7 Å². The third-order valence-corrected chi connectivity index (χ3v) is 4.40. The van der Waals surface area contributed by atoms with Crippen LogP contribution in [-0.2, 0) is 11.3 Å². The second kappa shape index (κ2) is 7.55. The van der Waals surface area contributed by atoms with E-state index < -0.39 is 0 Å². The molecular weight excluding hydrogens is 267 g/mol. The van der Waals surface area contributed by atoms with Crippen LogP contribution in [0.4, 0.5) is 4.39 Å². The lowest BCUT2D eigenvalue weighted by Crippen LogP contribution is -2.36. The SMILES string of the molecule is CC(CC(=O)N(C)Cc1ccc(F)cc1)C1CCCNC1. The van der Waals surface area contributed by atoms with Gasteiger partial charge < -0.3 is 10.2 Å². The average Bonchev–Trinajstić information content (AvgIpc) is 2.50. The molecule has 0 aromatic heterocycles. The van der Waals surface area contributed by atoms with Gasteiger partial charge in [0.05, 0.1) is 0 Å². The highest BCUT2D eigenvalue weighted by molar-refractivity contribution is 5.76. The largest absolute Gasteiger partial charge is 0.341 e. The summed E-state index contributed by atoms with van der Waals surface area (Å²) in [7, 11) is 1.82. The van der Waals surface area contributed by atoms with Crippen LogP contribution in [0.15, 0.2) is 24.3 Å². The molecule has 4 heteroatoms. The molecule has 21 heavy (non-hydrogen) atoms. The first kappa shape index (κ1) is 16.0. The van der Waals surface area contributed by atoms with E-state index in [1.807, 2.05) is 7.05 Å². The van der Waals surface area contributed by atoms with E-state index in [0.717, 1.165) is 18.7 Å². The van der Waals surface area contributed by atoms with Crippen LogP contribution in [-0.4, -0.2) is 30.9 Å². The molecule has 2 rings (SSSR count). The topological polar surface area (TPSA) is 32.3 Å². The third-order valence-electron chi connectivity index (χ3n) is 4.40. The summed E-state index contributed by atoms with van der Waals surface area (Å²) in [5.74, 6) is 0.923. The van der Waals surface area contributed by atoms with Gasteiger partial charge in [0.15, 0.2) is 0 Å². The standard InChI is InChI=1S/C17H25FN2O/c1-13(15-4-3-9-19-11-15)10-17(21)20(2)12-14-5-7-16(18)8-6-14/h5-8,13,15,19H,3-4,9-12H2,1-2H3. The highest BCUT2D eigenvalue weighted by Gasteiger charge is 2.23. The van der Waals surface area contributed by atoms with E-state index >= 15 is 0 Å². The molecule has 0 spiro atoms. The second-order valence-corrected chi connectivity index (χ2v) is 6.16. The first-order valence-electron chi connectivity index (χ1n) is 7.75. The summed E-state index contributed by atoms with van der Waals surface area (Å²) in [5.41, 5.74) is 0.958. The van der Waals surface area contributed by atoms with Crippen molar-refractivity contribution in [3.05, 3.63) is 35.6 Å². The molecule has 1 N–H and O–H groups in total. The van der Waals surface area contributed by atoms with Crippen LogP contribution in [0.25, 0.3) is 0 Å². The Morgan fingerprint density at radius 1 is 1.43 bits per heavy atom. The minimum atomic E-state index is -0.244. The number of hydrogen-bond acceptors (Lipinski definition) is 2. The van der Waals surface area contributed by atoms with Gasteiger partial charge in [0.25, 0.3) is 0 Å². The molecule has 1 aliphatic rings. The zero-order valence-electron chi connectivity index (χ0n) is 12.9. The molecule has 2 atom stereocenters. The average molecular weight is 292 g/mol. The van der Waals surface area contributed by atoms with Gasteiger partial charge in [-0.1, -0.05) is 19.1 Å². The fourth-order valence-electron chi connectivity index (χ4n) is 2.91. The molecule has 1 aromatic rings. The Bertz CT molecular complexity index is 454. The van der Waals surface area contributed by atoms with Gasteiger partial charge in [0, 0.05) is 20.0 Å². The van der Waals surface area contributed by atoms with E-state index in [1.54, 1.807) is 17.0 Å². The van der Waals surface area contributed by atoms with Crippen LogP contribution in [0.5, 0.6) is 0 Å². The summed E-state index contributed by atoms with van der Waals surface area (Å²) in [6.07, 6.45) is 3.00. The Balaban J connectivity index is 1.82. The normalized spacial score (nSPS) is 20.0. The smallest absolute Gasteiger partial charge is 0.222 e. The quantitative estimate of drug-likeness (QED) is 0.905. The Hall–Kier alpha value is -1.42. The molecule has 1 aliphatic heterocycles. The number of carbonyl (C=O) groups is 1. The zero-order valence-corrected chi connectivity index (χ0v) is 12.9. The monoisotopic (exact) mass is 292 g/mol. The van der Waals surface area contributed by atoms with Crippen LogP contribution in [0.3, 0.4) is 0 Å². The van der Waals surface area contributed by atoms with Gasteiger partial charge in [-0.25, -0.2) is 4.39 Å². The highest BCUT2D eigenvalue weighted by atomic mass is 19.1. The molecular formula is C17H25FN2O. The zero-order chi connectivity index (χ0) is 15.2. The van der Waals surface area contributed by atoms with E-state index in [-0.39, 0.29) is 11.7 Å². The van der Waals surface area contributed by atoms with Gasteiger partial charge in [-0.15, -0.1) is 0 Å². The van der Waals surface area contributed by atoms with E-state index in [2.05, 4.69) is 12.2 Å². The molecule has 3 nitrogen and oxygen atoms in total. The molecule has 116 valence electrons.